The Morgan fingerprint density at radius 1 is 1.30 bits per heavy atom. The Hall–Kier alpha value is -2.05. The summed E-state index contributed by atoms with van der Waals surface area (Å²) in [5.41, 5.74) is 1.32. The topological polar surface area (TPSA) is 58.8 Å². The fourth-order valence-electron chi connectivity index (χ4n) is 3.26. The maximum absolute atomic E-state index is 12.9. The van der Waals surface area contributed by atoms with Crippen molar-refractivity contribution < 1.29 is 14.1 Å². The summed E-state index contributed by atoms with van der Waals surface area (Å²) in [5, 5.41) is 4.72. The van der Waals surface area contributed by atoms with Crippen molar-refractivity contribution in [3.8, 4) is 5.75 Å². The molecule has 0 bridgehead atoms. The number of ether oxygens (including phenoxy) is 1. The van der Waals surface area contributed by atoms with E-state index in [4.69, 9.17) is 20.9 Å². The number of hydrogen-bond acceptors (Lipinski definition) is 5. The molecule has 6 nitrogen and oxygen atoms in total. The Labute approximate surface area is 165 Å². The van der Waals surface area contributed by atoms with E-state index >= 15 is 0 Å². The Morgan fingerprint density at radius 2 is 1.96 bits per heavy atom. The first-order chi connectivity index (χ1) is 12.9. The molecule has 0 atom stereocenters. The number of rotatable bonds is 6. The number of carbonyl (C=O) groups excluding carboxylic acids is 1. The van der Waals surface area contributed by atoms with E-state index in [1.165, 1.54) is 0 Å². The molecule has 1 aromatic heterocycles. The molecule has 1 saturated heterocycles. The molecular formula is C20H26ClN3O3. The van der Waals surface area contributed by atoms with Gasteiger partial charge in [0.05, 0.1) is 6.61 Å². The minimum Gasteiger partial charge on any atom is -0.493 e. The normalized spacial score (nSPS) is 15.4. The number of aryl methyl sites for hydroxylation is 1. The second-order valence-electron chi connectivity index (χ2n) is 7.30. The van der Waals surface area contributed by atoms with Gasteiger partial charge in [0.2, 0.25) is 0 Å². The molecule has 146 valence electrons. The van der Waals surface area contributed by atoms with Crippen molar-refractivity contribution in [3.05, 3.63) is 46.3 Å². The molecule has 0 unspecified atom stereocenters. The fraction of sp³-hybridized carbons (Fsp3) is 0.500. The molecule has 1 aromatic carbocycles. The van der Waals surface area contributed by atoms with E-state index in [0.29, 0.717) is 48.6 Å². The highest BCUT2D eigenvalue weighted by Gasteiger charge is 2.28. The smallest absolute Gasteiger partial charge is 0.276 e. The molecular weight excluding hydrogens is 366 g/mol. The van der Waals surface area contributed by atoms with Crippen LogP contribution in [0.1, 0.15) is 34.7 Å². The summed E-state index contributed by atoms with van der Waals surface area (Å²) >= 11 is 5.89. The van der Waals surface area contributed by atoms with Gasteiger partial charge in [0, 0.05) is 30.2 Å². The van der Waals surface area contributed by atoms with E-state index in [-0.39, 0.29) is 5.91 Å². The van der Waals surface area contributed by atoms with E-state index in [0.717, 1.165) is 24.2 Å². The highest BCUT2D eigenvalue weighted by atomic mass is 35.5. The third-order valence-corrected chi connectivity index (χ3v) is 5.11. The highest BCUT2D eigenvalue weighted by Crippen LogP contribution is 2.23. The quantitative estimate of drug-likeness (QED) is 0.752. The average Bonchev–Trinajstić information content (AvgIpc) is 3.01. The van der Waals surface area contributed by atoms with E-state index in [9.17, 15) is 4.79 Å². The number of benzene rings is 1. The van der Waals surface area contributed by atoms with Crippen LogP contribution in [0.2, 0.25) is 5.02 Å². The summed E-state index contributed by atoms with van der Waals surface area (Å²) < 4.78 is 11.1. The van der Waals surface area contributed by atoms with Crippen LogP contribution in [-0.4, -0.2) is 54.7 Å². The van der Waals surface area contributed by atoms with Crippen molar-refractivity contribution in [2.24, 2.45) is 5.92 Å². The summed E-state index contributed by atoms with van der Waals surface area (Å²) in [6, 6.07) is 7.40. The van der Waals surface area contributed by atoms with Crippen LogP contribution in [0, 0.1) is 12.8 Å². The molecule has 1 aliphatic rings. The van der Waals surface area contributed by atoms with Gasteiger partial charge in [-0.25, -0.2) is 0 Å². The number of carbonyl (C=O) groups is 1. The molecule has 1 amide bonds. The lowest BCUT2D eigenvalue weighted by atomic mass is 9.97. The molecule has 27 heavy (non-hydrogen) atoms. The average molecular weight is 392 g/mol. The van der Waals surface area contributed by atoms with Crippen LogP contribution >= 0.6 is 11.6 Å². The van der Waals surface area contributed by atoms with Crippen LogP contribution in [0.15, 0.2) is 28.8 Å². The second kappa shape index (κ2) is 8.76. The molecule has 3 rings (SSSR count). The van der Waals surface area contributed by atoms with Gasteiger partial charge in [-0.2, -0.15) is 0 Å². The van der Waals surface area contributed by atoms with Gasteiger partial charge in [0.1, 0.15) is 11.5 Å². The fourth-order valence-corrected chi connectivity index (χ4v) is 3.38. The minimum atomic E-state index is -0.0410. The van der Waals surface area contributed by atoms with Gasteiger partial charge in [-0.05, 0) is 64.0 Å². The number of aromatic nitrogens is 1. The first-order valence-corrected chi connectivity index (χ1v) is 9.59. The van der Waals surface area contributed by atoms with E-state index < -0.39 is 0 Å². The zero-order valence-corrected chi connectivity index (χ0v) is 16.8. The van der Waals surface area contributed by atoms with Gasteiger partial charge in [0.15, 0.2) is 5.69 Å². The number of nitrogens with zero attached hydrogens (tertiary/aromatic N) is 3. The molecule has 2 aromatic rings. The molecule has 0 radical (unpaired) electrons. The number of piperidine rings is 1. The molecule has 7 heteroatoms. The number of amides is 1. The van der Waals surface area contributed by atoms with Crippen molar-refractivity contribution in [3.63, 3.8) is 0 Å². The molecule has 0 saturated carbocycles. The van der Waals surface area contributed by atoms with Crippen molar-refractivity contribution in [2.45, 2.75) is 26.3 Å². The minimum absolute atomic E-state index is 0.0410. The van der Waals surface area contributed by atoms with Gasteiger partial charge in [0.25, 0.3) is 5.91 Å². The van der Waals surface area contributed by atoms with Crippen molar-refractivity contribution in [1.29, 1.82) is 0 Å². The van der Waals surface area contributed by atoms with Crippen LogP contribution in [-0.2, 0) is 6.54 Å². The predicted octanol–water partition coefficient (Wildman–Crippen LogP) is 3.63. The molecule has 2 heterocycles. The summed E-state index contributed by atoms with van der Waals surface area (Å²) in [6.45, 7) is 4.56. The molecule has 0 spiro atoms. The van der Waals surface area contributed by atoms with Gasteiger partial charge < -0.3 is 19.1 Å². The van der Waals surface area contributed by atoms with Crippen molar-refractivity contribution in [2.75, 3.05) is 33.8 Å². The lowest BCUT2D eigenvalue weighted by Crippen LogP contribution is -2.40. The van der Waals surface area contributed by atoms with Gasteiger partial charge in [-0.3, -0.25) is 4.79 Å². The summed E-state index contributed by atoms with van der Waals surface area (Å²) in [5.74, 6) is 1.92. The van der Waals surface area contributed by atoms with Gasteiger partial charge >= 0.3 is 0 Å². The maximum Gasteiger partial charge on any atom is 0.276 e. The predicted molar refractivity (Wildman–Crippen MR) is 104 cm³/mol. The van der Waals surface area contributed by atoms with Crippen LogP contribution < -0.4 is 4.74 Å². The monoisotopic (exact) mass is 391 g/mol. The standard InChI is InChI=1S/C20H26ClN3O3/c1-14-18(12-23(2)3)19(22-27-14)20(25)24-10-8-15(9-11-24)13-26-17-6-4-16(21)5-7-17/h4-7,15H,8-13H2,1-3H3. The molecule has 0 N–H and O–H groups in total. The van der Waals surface area contributed by atoms with Crippen molar-refractivity contribution in [1.82, 2.24) is 15.0 Å². The first-order valence-electron chi connectivity index (χ1n) is 9.21. The Bertz CT molecular complexity index is 765. The second-order valence-corrected chi connectivity index (χ2v) is 7.74. The van der Waals surface area contributed by atoms with Crippen molar-refractivity contribution >= 4 is 17.5 Å². The van der Waals surface area contributed by atoms with Crippen LogP contribution in [0.25, 0.3) is 0 Å². The lowest BCUT2D eigenvalue weighted by Gasteiger charge is -2.31. The van der Waals surface area contributed by atoms with Crippen LogP contribution in [0.4, 0.5) is 0 Å². The Kier molecular flexibility index (Phi) is 6.39. The summed E-state index contributed by atoms with van der Waals surface area (Å²) in [7, 11) is 3.93. The van der Waals surface area contributed by atoms with E-state index in [1.54, 1.807) is 0 Å². The molecule has 1 aliphatic heterocycles. The summed E-state index contributed by atoms with van der Waals surface area (Å²) in [6.07, 6.45) is 1.83. The van der Waals surface area contributed by atoms with Gasteiger partial charge in [-0.1, -0.05) is 16.8 Å². The zero-order chi connectivity index (χ0) is 19.4. The third-order valence-electron chi connectivity index (χ3n) is 4.86. The van der Waals surface area contributed by atoms with E-state index in [2.05, 4.69) is 5.16 Å². The summed E-state index contributed by atoms with van der Waals surface area (Å²) in [4.78, 5) is 16.8. The number of likely N-dealkylation sites (tertiary alicyclic amines) is 1. The molecule has 1 fully saturated rings. The Morgan fingerprint density at radius 3 is 2.59 bits per heavy atom. The molecule has 0 aliphatic carbocycles. The van der Waals surface area contributed by atoms with E-state index in [1.807, 2.05) is 55.1 Å². The van der Waals surface area contributed by atoms with Crippen LogP contribution in [0.3, 0.4) is 0 Å². The number of halogens is 1. The lowest BCUT2D eigenvalue weighted by molar-refractivity contribution is 0.0649. The third kappa shape index (κ3) is 5.02. The Balaban J connectivity index is 1.53. The number of hydrogen-bond donors (Lipinski definition) is 0. The first kappa shape index (κ1) is 19.7. The SMILES string of the molecule is Cc1onc(C(=O)N2CCC(COc3ccc(Cl)cc3)CC2)c1CN(C)C. The highest BCUT2D eigenvalue weighted by molar-refractivity contribution is 6.30. The largest absolute Gasteiger partial charge is 0.493 e. The zero-order valence-electron chi connectivity index (χ0n) is 16.1. The van der Waals surface area contributed by atoms with Gasteiger partial charge in [-0.15, -0.1) is 0 Å². The van der Waals surface area contributed by atoms with Crippen LogP contribution in [0.5, 0.6) is 5.75 Å². The maximum atomic E-state index is 12.9.